The van der Waals surface area contributed by atoms with Crippen molar-refractivity contribution in [3.05, 3.63) is 29.3 Å². The molecular weight excluding hydrogens is 222 g/mol. The lowest BCUT2D eigenvalue weighted by molar-refractivity contribution is -0.139. The molecule has 0 aliphatic carbocycles. The number of carboxylic acids is 1. The van der Waals surface area contributed by atoms with Crippen LogP contribution in [-0.4, -0.2) is 28.1 Å². The van der Waals surface area contributed by atoms with Crippen LogP contribution in [0.3, 0.4) is 0 Å². The van der Waals surface area contributed by atoms with Crippen LogP contribution in [0.2, 0.25) is 0 Å². The molecule has 0 aromatic heterocycles. The third kappa shape index (κ3) is 3.46. The highest BCUT2D eigenvalue weighted by molar-refractivity contribution is 5.95. The van der Waals surface area contributed by atoms with Crippen molar-refractivity contribution in [2.24, 2.45) is 5.73 Å². The molecule has 1 unspecified atom stereocenters. The molecule has 6 N–H and O–H groups in total. The summed E-state index contributed by atoms with van der Waals surface area (Å²) in [6.07, 6.45) is 0. The average molecular weight is 237 g/mol. The number of nitrogens with one attached hydrogen (secondary N) is 2. The van der Waals surface area contributed by atoms with Crippen molar-refractivity contribution in [1.82, 2.24) is 5.32 Å². The van der Waals surface area contributed by atoms with Gasteiger partial charge in [0.25, 0.3) is 0 Å². The third-order valence-corrected chi connectivity index (χ3v) is 2.37. The highest BCUT2D eigenvalue weighted by Crippen LogP contribution is 2.18. The molecule has 1 aromatic rings. The first-order valence-electron chi connectivity index (χ1n) is 5.04. The van der Waals surface area contributed by atoms with Gasteiger partial charge in [-0.15, -0.1) is 0 Å². The Hall–Kier alpha value is -2.08. The van der Waals surface area contributed by atoms with Gasteiger partial charge in [-0.2, -0.15) is 0 Å². The molecule has 0 saturated heterocycles. The Morgan fingerprint density at radius 2 is 2.24 bits per heavy atom. The molecule has 1 aromatic carbocycles. The second kappa shape index (κ2) is 5.31. The van der Waals surface area contributed by atoms with Gasteiger partial charge in [0.15, 0.2) is 0 Å². The molecule has 0 spiro atoms. The number of amidine groups is 1. The fraction of sp³-hybridized carbons (Fsp3) is 0.273. The molecule has 0 bridgehead atoms. The lowest BCUT2D eigenvalue weighted by Gasteiger charge is -2.11. The van der Waals surface area contributed by atoms with E-state index in [-0.39, 0.29) is 18.1 Å². The minimum absolute atomic E-state index is 0.0113. The maximum absolute atomic E-state index is 10.6. The quantitative estimate of drug-likeness (QED) is 0.371. The normalized spacial score (nSPS) is 12.1. The number of benzene rings is 1. The monoisotopic (exact) mass is 237 g/mol. The summed E-state index contributed by atoms with van der Waals surface area (Å²) in [5, 5.41) is 28.3. The van der Waals surface area contributed by atoms with Gasteiger partial charge in [-0.25, -0.2) is 0 Å². The van der Waals surface area contributed by atoms with Crippen LogP contribution in [0.25, 0.3) is 0 Å². The van der Waals surface area contributed by atoms with Gasteiger partial charge in [-0.05, 0) is 13.0 Å². The fourth-order valence-electron chi connectivity index (χ4n) is 1.23. The summed E-state index contributed by atoms with van der Waals surface area (Å²) in [6.45, 7) is 1.75. The summed E-state index contributed by atoms with van der Waals surface area (Å²) >= 11 is 0. The molecule has 6 nitrogen and oxygen atoms in total. The molecule has 0 amide bonds. The largest absolute Gasteiger partial charge is 0.508 e. The van der Waals surface area contributed by atoms with Crippen LogP contribution in [0.4, 0.5) is 0 Å². The van der Waals surface area contributed by atoms with Gasteiger partial charge in [-0.1, -0.05) is 12.1 Å². The van der Waals surface area contributed by atoms with Gasteiger partial charge in [0.05, 0.1) is 0 Å². The molecule has 0 heterocycles. The predicted molar refractivity (Wildman–Crippen MR) is 63.1 cm³/mol. The number of phenols is 1. The van der Waals surface area contributed by atoms with E-state index in [1.165, 1.54) is 13.0 Å². The Labute approximate surface area is 98.6 Å². The van der Waals surface area contributed by atoms with Gasteiger partial charge >= 0.3 is 5.97 Å². The van der Waals surface area contributed by atoms with Crippen LogP contribution in [0.1, 0.15) is 18.1 Å². The fourth-order valence-corrected chi connectivity index (χ4v) is 1.23. The van der Waals surface area contributed by atoms with Crippen molar-refractivity contribution < 1.29 is 15.0 Å². The molecule has 92 valence electrons. The van der Waals surface area contributed by atoms with Crippen molar-refractivity contribution in [2.75, 3.05) is 0 Å². The molecule has 1 rings (SSSR count). The maximum atomic E-state index is 10.6. The topological polar surface area (TPSA) is 119 Å². The molecule has 6 heteroatoms. The summed E-state index contributed by atoms with van der Waals surface area (Å²) < 4.78 is 0. The van der Waals surface area contributed by atoms with Crippen molar-refractivity contribution in [2.45, 2.75) is 19.5 Å². The van der Waals surface area contributed by atoms with Gasteiger partial charge in [0, 0.05) is 17.7 Å². The number of aromatic hydroxyl groups is 1. The second-order valence-electron chi connectivity index (χ2n) is 3.70. The lowest BCUT2D eigenvalue weighted by Crippen LogP contribution is -2.33. The van der Waals surface area contributed by atoms with Crippen molar-refractivity contribution in [3.63, 3.8) is 0 Å². The number of rotatable bonds is 5. The van der Waals surface area contributed by atoms with Crippen molar-refractivity contribution in [3.8, 4) is 5.75 Å². The minimum Gasteiger partial charge on any atom is -0.508 e. The number of hydrogen-bond donors (Lipinski definition) is 5. The van der Waals surface area contributed by atoms with Crippen LogP contribution < -0.4 is 11.1 Å². The van der Waals surface area contributed by atoms with Crippen LogP contribution in [0.5, 0.6) is 5.75 Å². The van der Waals surface area contributed by atoms with E-state index < -0.39 is 12.0 Å². The molecule has 0 radical (unpaired) electrons. The van der Waals surface area contributed by atoms with E-state index in [1.54, 1.807) is 12.1 Å². The van der Waals surface area contributed by atoms with E-state index in [0.29, 0.717) is 11.1 Å². The Morgan fingerprint density at radius 3 is 2.71 bits per heavy atom. The highest BCUT2D eigenvalue weighted by Gasteiger charge is 2.11. The number of nitrogens with two attached hydrogens (primary N) is 1. The number of hydrogen-bond acceptors (Lipinski definition) is 4. The van der Waals surface area contributed by atoms with Crippen LogP contribution in [-0.2, 0) is 11.3 Å². The Balaban J connectivity index is 2.73. The summed E-state index contributed by atoms with van der Waals surface area (Å²) in [7, 11) is 0. The zero-order chi connectivity index (χ0) is 13.0. The summed E-state index contributed by atoms with van der Waals surface area (Å²) in [6, 6.07) is 3.89. The van der Waals surface area contributed by atoms with Gasteiger partial charge in [0.1, 0.15) is 17.6 Å². The number of carboxylic acid groups (broad SMARTS) is 1. The first-order valence-corrected chi connectivity index (χ1v) is 5.04. The molecule has 17 heavy (non-hydrogen) atoms. The van der Waals surface area contributed by atoms with Gasteiger partial charge < -0.3 is 21.3 Å². The molecule has 0 aliphatic rings. The summed E-state index contributed by atoms with van der Waals surface area (Å²) in [5.74, 6) is -1.09. The number of nitrogen functional groups attached to an aromatic ring is 1. The van der Waals surface area contributed by atoms with E-state index in [9.17, 15) is 9.90 Å². The zero-order valence-electron chi connectivity index (χ0n) is 9.40. The van der Waals surface area contributed by atoms with Crippen molar-refractivity contribution >= 4 is 11.8 Å². The minimum atomic E-state index is -0.954. The van der Waals surface area contributed by atoms with E-state index in [0.717, 1.165) is 0 Å². The highest BCUT2D eigenvalue weighted by atomic mass is 16.4. The molecule has 1 atom stereocenters. The third-order valence-electron chi connectivity index (χ3n) is 2.37. The van der Waals surface area contributed by atoms with Crippen molar-refractivity contribution in [1.29, 1.82) is 5.41 Å². The van der Waals surface area contributed by atoms with Crippen LogP contribution in [0, 0.1) is 5.41 Å². The molecule has 0 saturated carbocycles. The number of aliphatic carboxylic acids is 1. The lowest BCUT2D eigenvalue weighted by atomic mass is 10.1. The maximum Gasteiger partial charge on any atom is 0.320 e. The van der Waals surface area contributed by atoms with Gasteiger partial charge in [0.2, 0.25) is 0 Å². The molecule has 0 aliphatic heterocycles. The SMILES string of the molecule is CC(NCc1ccc(C(=N)N)cc1O)C(=O)O. The number of phenolic OH excluding ortho intramolecular Hbond substituents is 1. The summed E-state index contributed by atoms with van der Waals surface area (Å²) in [5.41, 5.74) is 6.26. The second-order valence-corrected chi connectivity index (χ2v) is 3.70. The van der Waals surface area contributed by atoms with E-state index in [2.05, 4.69) is 5.32 Å². The molecular formula is C11H15N3O3. The van der Waals surface area contributed by atoms with Gasteiger partial charge in [-0.3, -0.25) is 10.2 Å². The Morgan fingerprint density at radius 1 is 1.59 bits per heavy atom. The predicted octanol–water partition coefficient (Wildman–Crippen LogP) is 0.239. The smallest absolute Gasteiger partial charge is 0.320 e. The van der Waals surface area contributed by atoms with Crippen LogP contribution in [0.15, 0.2) is 18.2 Å². The van der Waals surface area contributed by atoms with E-state index >= 15 is 0 Å². The van der Waals surface area contributed by atoms with E-state index in [1.807, 2.05) is 0 Å². The first-order chi connectivity index (χ1) is 7.91. The first kappa shape index (κ1) is 13.0. The number of carbonyl (C=O) groups is 1. The molecule has 0 fully saturated rings. The van der Waals surface area contributed by atoms with E-state index in [4.69, 9.17) is 16.2 Å². The Kier molecular flexibility index (Phi) is 4.06. The van der Waals surface area contributed by atoms with Crippen LogP contribution >= 0.6 is 0 Å². The average Bonchev–Trinajstić information content (AvgIpc) is 2.26. The zero-order valence-corrected chi connectivity index (χ0v) is 9.40. The summed E-state index contributed by atoms with van der Waals surface area (Å²) in [4.78, 5) is 10.6. The standard InChI is InChI=1S/C11H15N3O3/c1-6(11(16)17)14-5-8-3-2-7(10(12)13)4-9(8)15/h2-4,6,14-15H,5H2,1H3,(H3,12,13)(H,16,17). The Bertz CT molecular complexity index is 446.